The van der Waals surface area contributed by atoms with Crippen molar-refractivity contribution in [3.63, 3.8) is 0 Å². The molecular formula is C21H24F3N5O2. The molecule has 1 aliphatic carbocycles. The third-order valence-corrected chi connectivity index (χ3v) is 6.21. The zero-order valence-electron chi connectivity index (χ0n) is 17.2. The van der Waals surface area contributed by atoms with E-state index in [1.165, 1.54) is 16.8 Å². The second-order valence-corrected chi connectivity index (χ2v) is 8.45. The number of hydrogen-bond donors (Lipinski definition) is 0. The van der Waals surface area contributed by atoms with Crippen LogP contribution in [0.3, 0.4) is 0 Å². The summed E-state index contributed by atoms with van der Waals surface area (Å²) in [4.78, 5) is 24.9. The van der Waals surface area contributed by atoms with Crippen LogP contribution in [0.25, 0.3) is 0 Å². The first-order valence-corrected chi connectivity index (χ1v) is 10.6. The highest BCUT2D eigenvalue weighted by Gasteiger charge is 2.48. The van der Waals surface area contributed by atoms with Gasteiger partial charge in [-0.25, -0.2) is 0 Å². The minimum Gasteiger partial charge on any atom is -0.377 e. The maximum Gasteiger partial charge on any atom is 0.409 e. The Morgan fingerprint density at radius 2 is 1.97 bits per heavy atom. The lowest BCUT2D eigenvalue weighted by atomic mass is 10.1. The van der Waals surface area contributed by atoms with Crippen molar-refractivity contribution in [1.29, 1.82) is 0 Å². The monoisotopic (exact) mass is 435 g/mol. The number of halogens is 3. The summed E-state index contributed by atoms with van der Waals surface area (Å²) in [5, 5.41) is 0. The van der Waals surface area contributed by atoms with Crippen molar-refractivity contribution in [2.45, 2.75) is 56.9 Å². The molecule has 1 saturated carbocycles. The number of morpholine rings is 1. The highest BCUT2D eigenvalue weighted by Crippen LogP contribution is 2.42. The molecule has 0 radical (unpaired) electrons. The summed E-state index contributed by atoms with van der Waals surface area (Å²) in [5.41, 5.74) is 0.830. The van der Waals surface area contributed by atoms with Crippen molar-refractivity contribution < 1.29 is 17.9 Å². The Bertz CT molecular complexity index is 1020. The lowest BCUT2D eigenvalue weighted by Crippen LogP contribution is -2.51. The van der Waals surface area contributed by atoms with Gasteiger partial charge in [-0.2, -0.15) is 18.2 Å². The fourth-order valence-electron chi connectivity index (χ4n) is 4.38. The SMILES string of the molecule is C[C@@H]1COCCN1c1cc(=O)n2c(n1)N(c1ccc(C3CC3)nc1)C(C(F)(F)F)CC2. The van der Waals surface area contributed by atoms with Crippen LogP contribution in [0.1, 0.15) is 37.8 Å². The van der Waals surface area contributed by atoms with E-state index in [4.69, 9.17) is 4.74 Å². The molecule has 4 heterocycles. The summed E-state index contributed by atoms with van der Waals surface area (Å²) < 4.78 is 48.8. The van der Waals surface area contributed by atoms with Crippen LogP contribution in [0.5, 0.6) is 0 Å². The Morgan fingerprint density at radius 3 is 2.61 bits per heavy atom. The van der Waals surface area contributed by atoms with E-state index >= 15 is 0 Å². The molecule has 7 nitrogen and oxygen atoms in total. The van der Waals surface area contributed by atoms with Gasteiger partial charge in [0.05, 0.1) is 31.1 Å². The van der Waals surface area contributed by atoms with E-state index in [0.717, 1.165) is 23.4 Å². The Morgan fingerprint density at radius 1 is 1.16 bits per heavy atom. The second kappa shape index (κ2) is 7.51. The molecule has 2 aliphatic heterocycles. The largest absolute Gasteiger partial charge is 0.409 e. The zero-order valence-corrected chi connectivity index (χ0v) is 17.2. The summed E-state index contributed by atoms with van der Waals surface area (Å²) in [5.74, 6) is 0.787. The number of fused-ring (bicyclic) bond motifs is 1. The Balaban J connectivity index is 1.61. The molecule has 0 N–H and O–H groups in total. The number of rotatable bonds is 3. The standard InChI is InChI=1S/C21H24F3N5O2/c1-13-12-31-9-8-27(13)18-10-19(30)28-7-6-17(21(22,23)24)29(20(28)26-18)15-4-5-16(25-11-15)14-2-3-14/h4-5,10-11,13-14,17H,2-3,6-9,12H2,1H3/t13-,17?/m1/s1. The number of nitrogens with zero attached hydrogens (tertiary/aromatic N) is 5. The lowest BCUT2D eigenvalue weighted by Gasteiger charge is -2.40. The number of anilines is 3. The molecule has 166 valence electrons. The van der Waals surface area contributed by atoms with Gasteiger partial charge in [0, 0.05) is 30.8 Å². The Hall–Kier alpha value is -2.62. The van der Waals surface area contributed by atoms with E-state index in [2.05, 4.69) is 9.97 Å². The van der Waals surface area contributed by atoms with Crippen molar-refractivity contribution in [3.8, 4) is 0 Å². The average molecular weight is 435 g/mol. The second-order valence-electron chi connectivity index (χ2n) is 8.45. The number of aromatic nitrogens is 3. The fourth-order valence-corrected chi connectivity index (χ4v) is 4.38. The number of ether oxygens (including phenoxy) is 1. The predicted octanol–water partition coefficient (Wildman–Crippen LogP) is 3.21. The first kappa shape index (κ1) is 20.3. The molecular weight excluding hydrogens is 411 g/mol. The van der Waals surface area contributed by atoms with Crippen LogP contribution in [0.2, 0.25) is 0 Å². The highest BCUT2D eigenvalue weighted by atomic mass is 19.4. The van der Waals surface area contributed by atoms with Crippen LogP contribution in [0, 0.1) is 0 Å². The predicted molar refractivity (Wildman–Crippen MR) is 109 cm³/mol. The molecule has 2 aromatic rings. The molecule has 0 spiro atoms. The van der Waals surface area contributed by atoms with Gasteiger partial charge in [-0.1, -0.05) is 0 Å². The van der Waals surface area contributed by atoms with Crippen LogP contribution >= 0.6 is 0 Å². The van der Waals surface area contributed by atoms with Crippen LogP contribution in [0.15, 0.2) is 29.2 Å². The summed E-state index contributed by atoms with van der Waals surface area (Å²) in [6.07, 6.45) is -1.11. The fraction of sp³-hybridized carbons (Fsp3) is 0.571. The van der Waals surface area contributed by atoms with E-state index in [0.29, 0.717) is 37.2 Å². The van der Waals surface area contributed by atoms with Gasteiger partial charge in [0.25, 0.3) is 5.56 Å². The number of pyridine rings is 1. The van der Waals surface area contributed by atoms with E-state index in [-0.39, 0.29) is 30.5 Å². The Labute approximate surface area is 177 Å². The molecule has 0 amide bonds. The molecule has 31 heavy (non-hydrogen) atoms. The van der Waals surface area contributed by atoms with Crippen LogP contribution in [0.4, 0.5) is 30.6 Å². The molecule has 10 heteroatoms. The molecule has 0 aromatic carbocycles. The third-order valence-electron chi connectivity index (χ3n) is 6.21. The van der Waals surface area contributed by atoms with Crippen molar-refractivity contribution in [2.24, 2.45) is 0 Å². The first-order chi connectivity index (χ1) is 14.8. The summed E-state index contributed by atoms with van der Waals surface area (Å²) in [6, 6.07) is 3.05. The highest BCUT2D eigenvalue weighted by molar-refractivity contribution is 5.61. The number of hydrogen-bond acceptors (Lipinski definition) is 6. The van der Waals surface area contributed by atoms with Crippen LogP contribution in [-0.2, 0) is 11.3 Å². The van der Waals surface area contributed by atoms with E-state index in [1.807, 2.05) is 11.8 Å². The third kappa shape index (κ3) is 3.77. The van der Waals surface area contributed by atoms with Gasteiger partial charge >= 0.3 is 6.18 Å². The van der Waals surface area contributed by atoms with Crippen molar-refractivity contribution in [2.75, 3.05) is 29.6 Å². The molecule has 1 unspecified atom stereocenters. The maximum atomic E-state index is 14.0. The average Bonchev–Trinajstić information content (AvgIpc) is 3.58. The van der Waals surface area contributed by atoms with Crippen molar-refractivity contribution in [1.82, 2.24) is 14.5 Å². The van der Waals surface area contributed by atoms with Crippen molar-refractivity contribution in [3.05, 3.63) is 40.4 Å². The lowest BCUT2D eigenvalue weighted by molar-refractivity contribution is -0.150. The van der Waals surface area contributed by atoms with E-state index < -0.39 is 12.2 Å². The summed E-state index contributed by atoms with van der Waals surface area (Å²) in [7, 11) is 0. The molecule has 2 fully saturated rings. The molecule has 2 atom stereocenters. The minimum absolute atomic E-state index is 0.00994. The minimum atomic E-state index is -4.47. The van der Waals surface area contributed by atoms with Gasteiger partial charge in [0.2, 0.25) is 5.95 Å². The van der Waals surface area contributed by atoms with Gasteiger partial charge in [-0.05, 0) is 38.3 Å². The maximum absolute atomic E-state index is 14.0. The van der Waals surface area contributed by atoms with Crippen molar-refractivity contribution >= 4 is 17.5 Å². The topological polar surface area (TPSA) is 63.5 Å². The molecule has 2 aromatic heterocycles. The quantitative estimate of drug-likeness (QED) is 0.738. The van der Waals surface area contributed by atoms with Gasteiger partial charge in [-0.3, -0.25) is 19.2 Å². The first-order valence-electron chi connectivity index (χ1n) is 10.6. The van der Waals surface area contributed by atoms with E-state index in [1.54, 1.807) is 12.1 Å². The molecule has 0 bridgehead atoms. The normalized spacial score (nSPS) is 24.3. The molecule has 5 rings (SSSR count). The van der Waals surface area contributed by atoms with Crippen LogP contribution < -0.4 is 15.4 Å². The van der Waals surface area contributed by atoms with Gasteiger partial charge in [0.15, 0.2) is 0 Å². The number of alkyl halides is 3. The Kier molecular flexibility index (Phi) is 4.91. The van der Waals surface area contributed by atoms with Gasteiger partial charge in [0.1, 0.15) is 11.9 Å². The van der Waals surface area contributed by atoms with Gasteiger partial charge in [-0.15, -0.1) is 0 Å². The smallest absolute Gasteiger partial charge is 0.377 e. The van der Waals surface area contributed by atoms with Gasteiger partial charge < -0.3 is 9.64 Å². The molecule has 1 saturated heterocycles. The van der Waals surface area contributed by atoms with E-state index in [9.17, 15) is 18.0 Å². The summed E-state index contributed by atoms with van der Waals surface area (Å²) >= 11 is 0. The zero-order chi connectivity index (χ0) is 21.8. The summed E-state index contributed by atoms with van der Waals surface area (Å²) in [6.45, 7) is 3.38. The molecule has 3 aliphatic rings. The van der Waals surface area contributed by atoms with Crippen LogP contribution in [-0.4, -0.2) is 52.6 Å².